The maximum absolute atomic E-state index is 11.2. The zero-order valence-electron chi connectivity index (χ0n) is 8.46. The SMILES string of the molecule is O=S1(=O)CCN(Cc2ccncc2)CC1. The van der Waals surface area contributed by atoms with Gasteiger partial charge in [0.2, 0.25) is 0 Å². The summed E-state index contributed by atoms with van der Waals surface area (Å²) < 4.78 is 22.4. The highest BCUT2D eigenvalue weighted by molar-refractivity contribution is 7.91. The van der Waals surface area contributed by atoms with Gasteiger partial charge in [-0.05, 0) is 17.7 Å². The van der Waals surface area contributed by atoms with Crippen molar-refractivity contribution in [3.05, 3.63) is 30.1 Å². The second kappa shape index (κ2) is 4.28. The number of hydrogen-bond acceptors (Lipinski definition) is 4. The number of aromatic nitrogens is 1. The van der Waals surface area contributed by atoms with Crippen LogP contribution in [-0.4, -0.2) is 42.9 Å². The first kappa shape index (κ1) is 10.6. The largest absolute Gasteiger partial charge is 0.297 e. The molecule has 0 bridgehead atoms. The monoisotopic (exact) mass is 226 g/mol. The molecule has 0 aromatic carbocycles. The Balaban J connectivity index is 1.93. The third kappa shape index (κ3) is 3.00. The van der Waals surface area contributed by atoms with Gasteiger partial charge >= 0.3 is 0 Å². The minimum Gasteiger partial charge on any atom is -0.297 e. The normalized spacial score (nSPS) is 21.3. The Morgan fingerprint density at radius 3 is 2.40 bits per heavy atom. The summed E-state index contributed by atoms with van der Waals surface area (Å²) in [5, 5.41) is 0. The van der Waals surface area contributed by atoms with Crippen LogP contribution in [0.4, 0.5) is 0 Å². The number of pyridine rings is 1. The molecular formula is C10H14N2O2S. The molecule has 4 nitrogen and oxygen atoms in total. The van der Waals surface area contributed by atoms with E-state index in [2.05, 4.69) is 9.88 Å². The Kier molecular flexibility index (Phi) is 3.02. The van der Waals surface area contributed by atoms with Gasteiger partial charge in [-0.15, -0.1) is 0 Å². The molecule has 82 valence electrons. The van der Waals surface area contributed by atoms with Crippen molar-refractivity contribution >= 4 is 9.84 Å². The predicted octanol–water partition coefficient (Wildman–Crippen LogP) is 0.312. The van der Waals surface area contributed by atoms with Crippen molar-refractivity contribution in [2.45, 2.75) is 6.54 Å². The molecule has 1 aliphatic rings. The second-order valence-corrected chi connectivity index (χ2v) is 6.09. The Hall–Kier alpha value is -0.940. The van der Waals surface area contributed by atoms with Crippen molar-refractivity contribution in [2.24, 2.45) is 0 Å². The maximum atomic E-state index is 11.2. The molecule has 0 saturated carbocycles. The molecule has 2 rings (SSSR count). The first-order valence-corrected chi connectivity index (χ1v) is 6.79. The minimum atomic E-state index is -2.76. The van der Waals surface area contributed by atoms with Crippen LogP contribution in [0, 0.1) is 0 Å². The molecule has 0 atom stereocenters. The van der Waals surface area contributed by atoms with Crippen molar-refractivity contribution in [2.75, 3.05) is 24.6 Å². The van der Waals surface area contributed by atoms with Crippen LogP contribution >= 0.6 is 0 Å². The number of rotatable bonds is 2. The second-order valence-electron chi connectivity index (χ2n) is 3.78. The van der Waals surface area contributed by atoms with Crippen LogP contribution in [0.3, 0.4) is 0 Å². The van der Waals surface area contributed by atoms with Crippen molar-refractivity contribution in [1.82, 2.24) is 9.88 Å². The predicted molar refractivity (Wildman–Crippen MR) is 58.2 cm³/mol. The smallest absolute Gasteiger partial charge is 0.152 e. The summed E-state index contributed by atoms with van der Waals surface area (Å²) in [6.45, 7) is 2.10. The zero-order valence-corrected chi connectivity index (χ0v) is 9.28. The number of sulfone groups is 1. The van der Waals surface area contributed by atoms with Gasteiger partial charge in [-0.2, -0.15) is 0 Å². The lowest BCUT2D eigenvalue weighted by Crippen LogP contribution is -2.39. The third-order valence-electron chi connectivity index (χ3n) is 2.59. The first-order chi connectivity index (χ1) is 7.16. The molecule has 1 aliphatic heterocycles. The van der Waals surface area contributed by atoms with Gasteiger partial charge in [-0.25, -0.2) is 8.42 Å². The minimum absolute atomic E-state index is 0.290. The topological polar surface area (TPSA) is 50.3 Å². The molecule has 2 heterocycles. The highest BCUT2D eigenvalue weighted by Gasteiger charge is 2.21. The Bertz CT molecular complexity index is 402. The summed E-state index contributed by atoms with van der Waals surface area (Å²) >= 11 is 0. The van der Waals surface area contributed by atoms with Crippen molar-refractivity contribution in [3.63, 3.8) is 0 Å². The van der Waals surface area contributed by atoms with Crippen LogP contribution in [0.2, 0.25) is 0 Å². The molecule has 5 heteroatoms. The molecule has 1 aromatic rings. The fourth-order valence-electron chi connectivity index (χ4n) is 1.65. The third-order valence-corrected chi connectivity index (χ3v) is 4.20. The summed E-state index contributed by atoms with van der Waals surface area (Å²) in [5.41, 5.74) is 1.18. The van der Waals surface area contributed by atoms with Gasteiger partial charge in [-0.3, -0.25) is 9.88 Å². The number of hydrogen-bond donors (Lipinski definition) is 0. The van der Waals surface area contributed by atoms with Crippen molar-refractivity contribution in [1.29, 1.82) is 0 Å². The lowest BCUT2D eigenvalue weighted by atomic mass is 10.2. The van der Waals surface area contributed by atoms with Gasteiger partial charge in [-0.1, -0.05) is 0 Å². The lowest BCUT2D eigenvalue weighted by Gasteiger charge is -2.26. The van der Waals surface area contributed by atoms with E-state index in [9.17, 15) is 8.42 Å². The van der Waals surface area contributed by atoms with Crippen molar-refractivity contribution in [3.8, 4) is 0 Å². The van der Waals surface area contributed by atoms with E-state index in [1.54, 1.807) is 12.4 Å². The van der Waals surface area contributed by atoms with E-state index < -0.39 is 9.84 Å². The number of nitrogens with zero attached hydrogens (tertiary/aromatic N) is 2. The van der Waals surface area contributed by atoms with Gasteiger partial charge in [0.15, 0.2) is 9.84 Å². The molecule has 0 amide bonds. The Labute approximate surface area is 89.9 Å². The van der Waals surface area contributed by atoms with E-state index >= 15 is 0 Å². The van der Waals surface area contributed by atoms with E-state index in [0.717, 1.165) is 6.54 Å². The summed E-state index contributed by atoms with van der Waals surface area (Å²) in [6.07, 6.45) is 3.52. The van der Waals surface area contributed by atoms with E-state index in [-0.39, 0.29) is 11.5 Å². The Morgan fingerprint density at radius 1 is 1.20 bits per heavy atom. The maximum Gasteiger partial charge on any atom is 0.152 e. The van der Waals surface area contributed by atoms with E-state index in [4.69, 9.17) is 0 Å². The van der Waals surface area contributed by atoms with Gasteiger partial charge < -0.3 is 0 Å². The lowest BCUT2D eigenvalue weighted by molar-refractivity contribution is 0.287. The summed E-state index contributed by atoms with van der Waals surface area (Å²) in [5.74, 6) is 0.580. The van der Waals surface area contributed by atoms with Crippen LogP contribution in [-0.2, 0) is 16.4 Å². The standard InChI is InChI=1S/C10H14N2O2S/c13-15(14)7-5-12(6-8-15)9-10-1-3-11-4-2-10/h1-4H,5-9H2. The van der Waals surface area contributed by atoms with E-state index in [1.807, 2.05) is 12.1 Å². The molecule has 0 spiro atoms. The van der Waals surface area contributed by atoms with Crippen LogP contribution in [0.15, 0.2) is 24.5 Å². The molecule has 1 aromatic heterocycles. The molecule has 1 saturated heterocycles. The zero-order chi connectivity index (χ0) is 10.7. The molecular weight excluding hydrogens is 212 g/mol. The van der Waals surface area contributed by atoms with Gasteiger partial charge in [0, 0.05) is 32.0 Å². The average molecular weight is 226 g/mol. The molecule has 15 heavy (non-hydrogen) atoms. The van der Waals surface area contributed by atoms with Gasteiger partial charge in [0.1, 0.15) is 0 Å². The molecule has 0 N–H and O–H groups in total. The molecule has 1 fully saturated rings. The summed E-state index contributed by atoms with van der Waals surface area (Å²) in [6, 6.07) is 3.92. The fourth-order valence-corrected chi connectivity index (χ4v) is 2.93. The molecule has 0 unspecified atom stereocenters. The highest BCUT2D eigenvalue weighted by Crippen LogP contribution is 2.08. The quantitative estimate of drug-likeness (QED) is 0.728. The molecule has 0 aliphatic carbocycles. The first-order valence-electron chi connectivity index (χ1n) is 4.97. The van der Waals surface area contributed by atoms with E-state index in [0.29, 0.717) is 13.1 Å². The molecule has 0 radical (unpaired) electrons. The van der Waals surface area contributed by atoms with Crippen LogP contribution in [0.5, 0.6) is 0 Å². The summed E-state index contributed by atoms with van der Waals surface area (Å²) in [4.78, 5) is 6.11. The Morgan fingerprint density at radius 2 is 1.80 bits per heavy atom. The highest BCUT2D eigenvalue weighted by atomic mass is 32.2. The average Bonchev–Trinajstić information content (AvgIpc) is 2.23. The van der Waals surface area contributed by atoms with Crippen LogP contribution in [0.1, 0.15) is 5.56 Å². The summed E-state index contributed by atoms with van der Waals surface area (Å²) in [7, 11) is -2.76. The van der Waals surface area contributed by atoms with Crippen LogP contribution in [0.25, 0.3) is 0 Å². The van der Waals surface area contributed by atoms with Crippen molar-refractivity contribution < 1.29 is 8.42 Å². The van der Waals surface area contributed by atoms with E-state index in [1.165, 1.54) is 5.56 Å². The van der Waals surface area contributed by atoms with Crippen LogP contribution < -0.4 is 0 Å². The fraction of sp³-hybridized carbons (Fsp3) is 0.500. The van der Waals surface area contributed by atoms with Gasteiger partial charge in [0.25, 0.3) is 0 Å². The van der Waals surface area contributed by atoms with Gasteiger partial charge in [0.05, 0.1) is 11.5 Å².